The minimum absolute atomic E-state index is 0.000841. The summed E-state index contributed by atoms with van der Waals surface area (Å²) in [6.07, 6.45) is 2.11. The summed E-state index contributed by atoms with van der Waals surface area (Å²) < 4.78 is 16.2. The zero-order valence-corrected chi connectivity index (χ0v) is 14.6. The molecule has 3 nitrogen and oxygen atoms in total. The molecule has 1 aromatic carbocycles. The van der Waals surface area contributed by atoms with Gasteiger partial charge in [0, 0.05) is 16.9 Å². The van der Waals surface area contributed by atoms with Crippen molar-refractivity contribution in [3.63, 3.8) is 0 Å². The van der Waals surface area contributed by atoms with Crippen molar-refractivity contribution in [1.29, 1.82) is 5.26 Å². The lowest BCUT2D eigenvalue weighted by atomic mass is 10.0. The van der Waals surface area contributed by atoms with Crippen LogP contribution in [0.1, 0.15) is 51.6 Å². The van der Waals surface area contributed by atoms with Gasteiger partial charge in [-0.2, -0.15) is 5.26 Å². The number of nitriles is 1. The SMILES string of the molecule is CC(C)(C)S(=O)NC(CCCC#N)c1cccc(Br)c1. The summed E-state index contributed by atoms with van der Waals surface area (Å²) in [7, 11) is -1.13. The fourth-order valence-corrected chi connectivity index (χ4v) is 2.99. The van der Waals surface area contributed by atoms with Crippen molar-refractivity contribution in [2.45, 2.75) is 50.8 Å². The standard InChI is InChI=1S/C15H21BrN2OS/c1-15(2,3)20(19)18-14(9-4-5-10-17)12-7-6-8-13(16)11-12/h6-8,11,14,18H,4-5,9H2,1-3H3. The summed E-state index contributed by atoms with van der Waals surface area (Å²) >= 11 is 3.46. The molecule has 2 atom stereocenters. The maximum Gasteiger partial charge on any atom is 0.0975 e. The van der Waals surface area contributed by atoms with E-state index in [2.05, 4.69) is 26.7 Å². The third kappa shape index (κ3) is 5.74. The monoisotopic (exact) mass is 356 g/mol. The number of hydrogen-bond donors (Lipinski definition) is 1. The maximum atomic E-state index is 12.3. The first kappa shape index (κ1) is 17.4. The van der Waals surface area contributed by atoms with Gasteiger partial charge in [-0.25, -0.2) is 8.93 Å². The molecule has 0 aliphatic rings. The van der Waals surface area contributed by atoms with Gasteiger partial charge in [-0.3, -0.25) is 0 Å². The Morgan fingerprint density at radius 1 is 1.45 bits per heavy atom. The van der Waals surface area contributed by atoms with Gasteiger partial charge in [0.2, 0.25) is 0 Å². The zero-order valence-electron chi connectivity index (χ0n) is 12.1. The van der Waals surface area contributed by atoms with Crippen molar-refractivity contribution >= 4 is 26.9 Å². The normalized spacial score (nSPS) is 14.6. The molecule has 110 valence electrons. The molecule has 0 bridgehead atoms. The molecular formula is C15H21BrN2OS. The third-order valence-electron chi connectivity index (χ3n) is 2.84. The highest BCUT2D eigenvalue weighted by atomic mass is 79.9. The van der Waals surface area contributed by atoms with Crippen LogP contribution in [0, 0.1) is 11.3 Å². The van der Waals surface area contributed by atoms with Crippen LogP contribution in [0.15, 0.2) is 28.7 Å². The average molecular weight is 357 g/mol. The van der Waals surface area contributed by atoms with Gasteiger partial charge in [-0.1, -0.05) is 28.1 Å². The van der Waals surface area contributed by atoms with Crippen molar-refractivity contribution < 1.29 is 4.21 Å². The maximum absolute atomic E-state index is 12.3. The van der Waals surface area contributed by atoms with E-state index in [9.17, 15) is 4.21 Å². The second-order valence-electron chi connectivity index (χ2n) is 5.66. The minimum Gasteiger partial charge on any atom is -0.242 e. The van der Waals surface area contributed by atoms with E-state index in [4.69, 9.17) is 5.26 Å². The van der Waals surface area contributed by atoms with Crippen LogP contribution >= 0.6 is 15.9 Å². The van der Waals surface area contributed by atoms with Crippen LogP contribution < -0.4 is 4.72 Å². The van der Waals surface area contributed by atoms with Crippen LogP contribution in [-0.4, -0.2) is 8.96 Å². The Labute approximate surface area is 132 Å². The second kappa shape index (κ2) is 7.92. The first-order valence-electron chi connectivity index (χ1n) is 6.65. The van der Waals surface area contributed by atoms with Crippen LogP contribution in [-0.2, 0) is 11.0 Å². The molecule has 1 N–H and O–H groups in total. The lowest BCUT2D eigenvalue weighted by Gasteiger charge is -2.24. The van der Waals surface area contributed by atoms with E-state index >= 15 is 0 Å². The van der Waals surface area contributed by atoms with Gasteiger partial charge < -0.3 is 0 Å². The van der Waals surface area contributed by atoms with Gasteiger partial charge in [0.15, 0.2) is 0 Å². The van der Waals surface area contributed by atoms with E-state index in [-0.39, 0.29) is 10.8 Å². The molecule has 1 rings (SSSR count). The first-order chi connectivity index (χ1) is 9.34. The fourth-order valence-electron chi connectivity index (χ4n) is 1.71. The third-order valence-corrected chi connectivity index (χ3v) is 4.94. The highest BCUT2D eigenvalue weighted by molar-refractivity contribution is 9.10. The van der Waals surface area contributed by atoms with Gasteiger partial charge in [-0.05, 0) is 51.3 Å². The van der Waals surface area contributed by atoms with E-state index in [0.29, 0.717) is 6.42 Å². The molecule has 0 aromatic heterocycles. The van der Waals surface area contributed by atoms with Gasteiger partial charge >= 0.3 is 0 Å². The summed E-state index contributed by atoms with van der Waals surface area (Å²) in [5.74, 6) is 0. The largest absolute Gasteiger partial charge is 0.242 e. The molecule has 0 amide bonds. The molecular weight excluding hydrogens is 336 g/mol. The summed E-state index contributed by atoms with van der Waals surface area (Å²) in [5.41, 5.74) is 1.09. The number of rotatable bonds is 6. The Bertz CT molecular complexity index is 505. The lowest BCUT2D eigenvalue weighted by Crippen LogP contribution is -2.35. The quantitative estimate of drug-likeness (QED) is 0.775. The molecule has 5 heteroatoms. The summed E-state index contributed by atoms with van der Waals surface area (Å²) in [6.45, 7) is 5.84. The summed E-state index contributed by atoms with van der Waals surface area (Å²) in [5, 5.41) is 8.67. The molecule has 0 radical (unpaired) electrons. The van der Waals surface area contributed by atoms with E-state index < -0.39 is 11.0 Å². The lowest BCUT2D eigenvalue weighted by molar-refractivity contribution is 0.556. The van der Waals surface area contributed by atoms with Crippen LogP contribution in [0.25, 0.3) is 0 Å². The summed E-state index contributed by atoms with van der Waals surface area (Å²) in [6, 6.07) is 10.2. The molecule has 0 heterocycles. The molecule has 20 heavy (non-hydrogen) atoms. The van der Waals surface area contributed by atoms with Crippen LogP contribution in [0.2, 0.25) is 0 Å². The molecule has 0 saturated carbocycles. The van der Waals surface area contributed by atoms with Crippen molar-refractivity contribution in [1.82, 2.24) is 4.72 Å². The summed E-state index contributed by atoms with van der Waals surface area (Å²) in [4.78, 5) is 0. The van der Waals surface area contributed by atoms with E-state index in [1.54, 1.807) is 0 Å². The molecule has 0 fully saturated rings. The predicted molar refractivity (Wildman–Crippen MR) is 87.4 cm³/mol. The number of halogens is 1. The molecule has 0 spiro atoms. The number of hydrogen-bond acceptors (Lipinski definition) is 2. The highest BCUT2D eigenvalue weighted by Gasteiger charge is 2.23. The molecule has 0 aliphatic carbocycles. The minimum atomic E-state index is -1.13. The van der Waals surface area contributed by atoms with Crippen molar-refractivity contribution in [2.24, 2.45) is 0 Å². The highest BCUT2D eigenvalue weighted by Crippen LogP contribution is 2.24. The van der Waals surface area contributed by atoms with E-state index in [0.717, 1.165) is 22.9 Å². The van der Waals surface area contributed by atoms with Crippen LogP contribution in [0.3, 0.4) is 0 Å². The van der Waals surface area contributed by atoms with Crippen LogP contribution in [0.5, 0.6) is 0 Å². The average Bonchev–Trinajstić information content (AvgIpc) is 2.36. The smallest absolute Gasteiger partial charge is 0.0975 e. The molecule has 0 aliphatic heterocycles. The zero-order chi connectivity index (χ0) is 15.2. The van der Waals surface area contributed by atoms with Gasteiger partial charge in [0.05, 0.1) is 21.8 Å². The number of nitrogens with one attached hydrogen (secondary N) is 1. The first-order valence-corrected chi connectivity index (χ1v) is 8.59. The van der Waals surface area contributed by atoms with Gasteiger partial charge in [0.25, 0.3) is 0 Å². The predicted octanol–water partition coefficient (Wildman–Crippen LogP) is 4.24. The van der Waals surface area contributed by atoms with Gasteiger partial charge in [0.1, 0.15) is 0 Å². The number of benzene rings is 1. The fraction of sp³-hybridized carbons (Fsp3) is 0.533. The molecule has 1 aromatic rings. The molecule has 2 unspecified atom stereocenters. The van der Waals surface area contributed by atoms with Crippen molar-refractivity contribution in [3.8, 4) is 6.07 Å². The second-order valence-corrected chi connectivity index (χ2v) is 8.57. The number of nitrogens with zero attached hydrogens (tertiary/aromatic N) is 1. The topological polar surface area (TPSA) is 52.9 Å². The number of unbranched alkanes of at least 4 members (excludes halogenated alkanes) is 1. The van der Waals surface area contributed by atoms with Crippen LogP contribution in [0.4, 0.5) is 0 Å². The van der Waals surface area contributed by atoms with Gasteiger partial charge in [-0.15, -0.1) is 0 Å². The Kier molecular flexibility index (Phi) is 6.87. The van der Waals surface area contributed by atoms with E-state index in [1.807, 2.05) is 45.0 Å². The van der Waals surface area contributed by atoms with Crippen molar-refractivity contribution in [2.75, 3.05) is 0 Å². The Morgan fingerprint density at radius 2 is 2.15 bits per heavy atom. The van der Waals surface area contributed by atoms with Crippen molar-refractivity contribution in [3.05, 3.63) is 34.3 Å². The Hall–Kier alpha value is -0.700. The Balaban J connectivity index is 2.85. The van der Waals surface area contributed by atoms with E-state index in [1.165, 1.54) is 0 Å². The molecule has 0 saturated heterocycles. The Morgan fingerprint density at radius 3 is 2.70 bits per heavy atom.